The molecule has 7 aromatic rings. The van der Waals surface area contributed by atoms with Crippen molar-refractivity contribution in [3.8, 4) is 23.1 Å². The lowest BCUT2D eigenvalue weighted by molar-refractivity contribution is 0.454. The molecule has 48 heavy (non-hydrogen) atoms. The molecule has 11 rings (SSSR count). The second-order valence-corrected chi connectivity index (χ2v) is 12.7. The van der Waals surface area contributed by atoms with E-state index in [4.69, 9.17) is 14.5 Å². The Bertz CT molecular complexity index is 2450. The van der Waals surface area contributed by atoms with Crippen molar-refractivity contribution in [3.05, 3.63) is 152 Å². The van der Waals surface area contributed by atoms with Crippen molar-refractivity contribution in [2.45, 2.75) is 0 Å². The fourth-order valence-corrected chi connectivity index (χ4v) is 8.27. The summed E-state index contributed by atoms with van der Waals surface area (Å²) < 4.78 is 13.1. The Kier molecular flexibility index (Phi) is 5.22. The second kappa shape index (κ2) is 9.66. The van der Waals surface area contributed by atoms with E-state index in [-0.39, 0.29) is 13.4 Å². The molecule has 222 valence electrons. The molecule has 5 heterocycles. The minimum absolute atomic E-state index is 0.0692. The number of benzene rings is 6. The van der Waals surface area contributed by atoms with Gasteiger partial charge >= 0.3 is 0 Å². The molecule has 7 heteroatoms. The third-order valence-corrected chi connectivity index (χ3v) is 10.2. The Morgan fingerprint density at radius 3 is 1.73 bits per heavy atom. The maximum atomic E-state index is 6.73. The molecule has 0 fully saturated rings. The van der Waals surface area contributed by atoms with Crippen molar-refractivity contribution in [2.24, 2.45) is 0 Å². The van der Waals surface area contributed by atoms with Gasteiger partial charge in [-0.25, -0.2) is 4.98 Å². The van der Waals surface area contributed by atoms with Crippen molar-refractivity contribution >= 4 is 80.5 Å². The van der Waals surface area contributed by atoms with E-state index in [1.54, 1.807) is 0 Å². The first kappa shape index (κ1) is 25.9. The third kappa shape index (κ3) is 3.45. The number of fused-ring (bicyclic) bond motifs is 8. The first-order valence-corrected chi connectivity index (χ1v) is 16.4. The van der Waals surface area contributed by atoms with Crippen LogP contribution in [0, 0.1) is 0 Å². The summed E-state index contributed by atoms with van der Waals surface area (Å²) >= 11 is 0. The van der Waals surface area contributed by atoms with Gasteiger partial charge in [-0.05, 0) is 88.6 Å². The van der Waals surface area contributed by atoms with Crippen LogP contribution in [0.4, 0.5) is 34.1 Å². The van der Waals surface area contributed by atoms with Crippen LogP contribution in [0.2, 0.25) is 0 Å². The lowest BCUT2D eigenvalue weighted by atomic mass is 9.33. The van der Waals surface area contributed by atoms with Gasteiger partial charge in [-0.15, -0.1) is 0 Å². The quantitative estimate of drug-likeness (QED) is 0.228. The smallest absolute Gasteiger partial charge is 0.275 e. The van der Waals surface area contributed by atoms with E-state index in [1.165, 1.54) is 10.9 Å². The molecular formula is C41H25B2N3O2. The van der Waals surface area contributed by atoms with Crippen LogP contribution in [0.5, 0.6) is 23.1 Å². The fourth-order valence-electron chi connectivity index (χ4n) is 8.27. The van der Waals surface area contributed by atoms with E-state index in [0.29, 0.717) is 5.88 Å². The molecule has 0 saturated heterocycles. The minimum Gasteiger partial charge on any atom is -0.458 e. The number of hydrogen-bond acceptors (Lipinski definition) is 5. The number of anilines is 6. The van der Waals surface area contributed by atoms with Gasteiger partial charge in [-0.3, -0.25) is 0 Å². The molecule has 0 unspecified atom stereocenters. The summed E-state index contributed by atoms with van der Waals surface area (Å²) in [7, 11) is 0. The number of rotatable bonds is 2. The molecule has 0 aliphatic carbocycles. The van der Waals surface area contributed by atoms with Gasteiger partial charge in [0.2, 0.25) is 5.88 Å². The van der Waals surface area contributed by atoms with E-state index in [2.05, 4.69) is 137 Å². The first-order chi connectivity index (χ1) is 23.8. The van der Waals surface area contributed by atoms with Gasteiger partial charge in [-0.2, -0.15) is 0 Å². The number of ether oxygens (including phenoxy) is 2. The summed E-state index contributed by atoms with van der Waals surface area (Å²) in [4.78, 5) is 10.3. The van der Waals surface area contributed by atoms with Crippen molar-refractivity contribution in [3.63, 3.8) is 0 Å². The number of hydrogen-bond donors (Lipinski definition) is 0. The third-order valence-electron chi connectivity index (χ3n) is 10.2. The summed E-state index contributed by atoms with van der Waals surface area (Å²) in [5.41, 5.74) is 13.4. The van der Waals surface area contributed by atoms with Crippen LogP contribution < -0.4 is 52.2 Å². The Morgan fingerprint density at radius 1 is 0.417 bits per heavy atom. The molecular weight excluding hydrogens is 588 g/mol. The Morgan fingerprint density at radius 2 is 0.979 bits per heavy atom. The van der Waals surface area contributed by atoms with Crippen LogP contribution in [0.3, 0.4) is 0 Å². The minimum atomic E-state index is -0.0917. The van der Waals surface area contributed by atoms with Gasteiger partial charge in [-0.1, -0.05) is 84.9 Å². The van der Waals surface area contributed by atoms with Crippen molar-refractivity contribution in [2.75, 3.05) is 9.80 Å². The topological polar surface area (TPSA) is 37.8 Å². The van der Waals surface area contributed by atoms with E-state index >= 15 is 0 Å². The second-order valence-electron chi connectivity index (χ2n) is 12.7. The predicted octanol–water partition coefficient (Wildman–Crippen LogP) is 5.89. The van der Waals surface area contributed by atoms with E-state index in [0.717, 1.165) is 73.4 Å². The molecule has 0 saturated carbocycles. The SMILES string of the molecule is c1ccc(N2c3ccccc3B3c4nc5c(cc4N(c4ccccc4)c4cccc2c43)B2c3ccccc3Oc3cccc(c32)O5)cc1. The zero-order valence-corrected chi connectivity index (χ0v) is 25.7. The molecule has 0 amide bonds. The van der Waals surface area contributed by atoms with Gasteiger partial charge in [0.15, 0.2) is 0 Å². The van der Waals surface area contributed by atoms with Crippen LogP contribution in [-0.4, -0.2) is 18.4 Å². The largest absolute Gasteiger partial charge is 0.458 e. The summed E-state index contributed by atoms with van der Waals surface area (Å²) in [6.07, 6.45) is 0. The monoisotopic (exact) mass is 613 g/mol. The normalized spacial score (nSPS) is 14.0. The fraction of sp³-hybridized carbons (Fsp3) is 0. The average Bonchev–Trinajstić information content (AvgIpc) is 3.14. The molecule has 4 aliphatic rings. The summed E-state index contributed by atoms with van der Waals surface area (Å²) in [6, 6.07) is 53.5. The van der Waals surface area contributed by atoms with E-state index in [9.17, 15) is 0 Å². The number of nitrogens with zero attached hydrogens (tertiary/aromatic N) is 3. The van der Waals surface area contributed by atoms with Crippen LogP contribution >= 0.6 is 0 Å². The number of aromatic nitrogens is 1. The van der Waals surface area contributed by atoms with Crippen LogP contribution in [0.25, 0.3) is 0 Å². The highest BCUT2D eigenvalue weighted by Gasteiger charge is 2.47. The molecule has 1 aromatic heterocycles. The highest BCUT2D eigenvalue weighted by Crippen LogP contribution is 2.44. The van der Waals surface area contributed by atoms with E-state index < -0.39 is 0 Å². The lowest BCUT2D eigenvalue weighted by Crippen LogP contribution is -2.64. The van der Waals surface area contributed by atoms with Crippen LogP contribution in [0.15, 0.2) is 152 Å². The van der Waals surface area contributed by atoms with Gasteiger partial charge in [0.25, 0.3) is 13.4 Å². The Hall–Kier alpha value is -6.20. The van der Waals surface area contributed by atoms with Crippen molar-refractivity contribution in [1.29, 1.82) is 0 Å². The maximum absolute atomic E-state index is 6.73. The molecule has 0 spiro atoms. The molecule has 0 atom stereocenters. The molecule has 0 bridgehead atoms. The lowest BCUT2D eigenvalue weighted by Gasteiger charge is -2.44. The summed E-state index contributed by atoms with van der Waals surface area (Å²) in [5.74, 6) is 3.14. The first-order valence-electron chi connectivity index (χ1n) is 16.4. The number of pyridine rings is 1. The highest BCUT2D eigenvalue weighted by atomic mass is 16.5. The standard InChI is InChI=1S/C41H25B2N3O2/c1-3-13-26(14-4-1)45-31-19-9-7-17-28(31)43-38-32(45)20-11-21-33(38)46(27-15-5-2-6-16-27)34-25-30-41(44-40(34)43)48-37-24-12-23-36-39(37)42(30)29-18-8-10-22-35(29)47-36/h1-25H. The molecule has 5 nitrogen and oxygen atoms in total. The average molecular weight is 613 g/mol. The van der Waals surface area contributed by atoms with Crippen LogP contribution in [-0.2, 0) is 0 Å². The Balaban J connectivity index is 1.22. The molecule has 0 N–H and O–H groups in total. The maximum Gasteiger partial charge on any atom is 0.275 e. The van der Waals surface area contributed by atoms with Crippen LogP contribution in [0.1, 0.15) is 0 Å². The molecule has 4 aliphatic heterocycles. The zero-order chi connectivity index (χ0) is 31.3. The molecule has 0 radical (unpaired) electrons. The number of para-hydroxylation sites is 4. The Labute approximate surface area is 278 Å². The van der Waals surface area contributed by atoms with E-state index in [1.807, 2.05) is 24.3 Å². The van der Waals surface area contributed by atoms with Crippen molar-refractivity contribution in [1.82, 2.24) is 4.98 Å². The highest BCUT2D eigenvalue weighted by molar-refractivity contribution is 7.01. The zero-order valence-electron chi connectivity index (χ0n) is 25.7. The summed E-state index contributed by atoms with van der Waals surface area (Å²) in [5, 5.41) is 0. The van der Waals surface area contributed by atoms with Crippen molar-refractivity contribution < 1.29 is 9.47 Å². The van der Waals surface area contributed by atoms with Gasteiger partial charge < -0.3 is 19.3 Å². The predicted molar refractivity (Wildman–Crippen MR) is 196 cm³/mol. The molecule has 6 aromatic carbocycles. The van der Waals surface area contributed by atoms with Gasteiger partial charge in [0.1, 0.15) is 17.2 Å². The summed E-state index contributed by atoms with van der Waals surface area (Å²) in [6.45, 7) is -0.161. The van der Waals surface area contributed by atoms with Gasteiger partial charge in [0, 0.05) is 39.5 Å². The van der Waals surface area contributed by atoms with Gasteiger partial charge in [0.05, 0.1) is 5.69 Å².